The Morgan fingerprint density at radius 1 is 1.30 bits per heavy atom. The highest BCUT2D eigenvalue weighted by Crippen LogP contribution is 2.32. The normalized spacial score (nSPS) is 12.7. The summed E-state index contributed by atoms with van der Waals surface area (Å²) in [7, 11) is 1.74. The molecule has 0 saturated heterocycles. The maximum atomic E-state index is 14.2. The van der Waals surface area contributed by atoms with Crippen LogP contribution >= 0.6 is 31.9 Å². The Morgan fingerprint density at radius 2 is 1.90 bits per heavy atom. The van der Waals surface area contributed by atoms with Gasteiger partial charge in [-0.1, -0.05) is 22.9 Å². The van der Waals surface area contributed by atoms with E-state index in [1.54, 1.807) is 17.9 Å². The van der Waals surface area contributed by atoms with Crippen LogP contribution in [0.15, 0.2) is 27.3 Å². The van der Waals surface area contributed by atoms with Crippen molar-refractivity contribution in [1.82, 2.24) is 15.1 Å². The molecule has 1 atom stereocenters. The van der Waals surface area contributed by atoms with Crippen molar-refractivity contribution >= 4 is 31.9 Å². The number of benzene rings is 1. The van der Waals surface area contributed by atoms with Gasteiger partial charge in [0, 0.05) is 17.1 Å². The van der Waals surface area contributed by atoms with Gasteiger partial charge in [-0.25, -0.2) is 8.78 Å². The van der Waals surface area contributed by atoms with Gasteiger partial charge < -0.3 is 5.32 Å². The molecule has 0 radical (unpaired) electrons. The maximum absolute atomic E-state index is 14.2. The standard InChI is InChI=1S/C13H13Br2F2N3/c1-3-18-12(13-8(15)6-19-20(13)2)11-9(16)4-7(14)5-10(11)17/h4-6,12,18H,3H2,1-2H3. The molecule has 7 heteroatoms. The Bertz CT molecular complexity index is 586. The second kappa shape index (κ2) is 6.32. The molecule has 2 aromatic rings. The van der Waals surface area contributed by atoms with Crippen molar-refractivity contribution in [2.75, 3.05) is 6.54 Å². The van der Waals surface area contributed by atoms with E-state index < -0.39 is 17.7 Å². The van der Waals surface area contributed by atoms with E-state index >= 15 is 0 Å². The average molecular weight is 409 g/mol. The molecule has 108 valence electrons. The molecule has 0 amide bonds. The third kappa shape index (κ3) is 2.94. The fourth-order valence-electron chi connectivity index (χ4n) is 2.11. The van der Waals surface area contributed by atoms with Gasteiger partial charge >= 0.3 is 0 Å². The lowest BCUT2D eigenvalue weighted by molar-refractivity contribution is 0.491. The van der Waals surface area contributed by atoms with E-state index in [-0.39, 0.29) is 5.56 Å². The van der Waals surface area contributed by atoms with Crippen molar-refractivity contribution < 1.29 is 8.78 Å². The Morgan fingerprint density at radius 3 is 2.35 bits per heavy atom. The fourth-order valence-corrected chi connectivity index (χ4v) is 3.09. The average Bonchev–Trinajstić information content (AvgIpc) is 2.67. The van der Waals surface area contributed by atoms with Crippen molar-refractivity contribution in [1.29, 1.82) is 0 Å². The minimum atomic E-state index is -0.616. The van der Waals surface area contributed by atoms with Crippen molar-refractivity contribution in [2.24, 2.45) is 7.05 Å². The van der Waals surface area contributed by atoms with Crippen molar-refractivity contribution in [3.8, 4) is 0 Å². The molecule has 1 aromatic carbocycles. The molecule has 0 fully saturated rings. The highest BCUT2D eigenvalue weighted by Gasteiger charge is 2.26. The molecular weight excluding hydrogens is 396 g/mol. The summed E-state index contributed by atoms with van der Waals surface area (Å²) in [6, 6.07) is 1.90. The summed E-state index contributed by atoms with van der Waals surface area (Å²) < 4.78 is 31.0. The summed E-state index contributed by atoms with van der Waals surface area (Å²) in [4.78, 5) is 0. The van der Waals surface area contributed by atoms with E-state index in [9.17, 15) is 8.78 Å². The number of nitrogens with zero attached hydrogens (tertiary/aromatic N) is 2. The van der Waals surface area contributed by atoms with Gasteiger partial charge in [0.15, 0.2) is 0 Å². The molecule has 1 heterocycles. The van der Waals surface area contributed by atoms with Crippen LogP contribution in [0.1, 0.15) is 24.2 Å². The van der Waals surface area contributed by atoms with Crippen LogP contribution in [0, 0.1) is 11.6 Å². The first-order valence-electron chi connectivity index (χ1n) is 6.01. The first kappa shape index (κ1) is 15.6. The van der Waals surface area contributed by atoms with E-state index in [1.807, 2.05) is 6.92 Å². The zero-order valence-electron chi connectivity index (χ0n) is 10.9. The summed E-state index contributed by atoms with van der Waals surface area (Å²) >= 11 is 6.46. The number of halogens is 4. The minimum Gasteiger partial charge on any atom is -0.305 e. The van der Waals surface area contributed by atoms with E-state index in [0.29, 0.717) is 21.2 Å². The van der Waals surface area contributed by atoms with Crippen LogP contribution in [0.3, 0.4) is 0 Å². The second-order valence-electron chi connectivity index (χ2n) is 4.28. The molecular formula is C13H13Br2F2N3. The smallest absolute Gasteiger partial charge is 0.132 e. The zero-order valence-corrected chi connectivity index (χ0v) is 14.1. The lowest BCUT2D eigenvalue weighted by Gasteiger charge is -2.21. The van der Waals surface area contributed by atoms with Gasteiger partial charge in [0.2, 0.25) is 0 Å². The van der Waals surface area contributed by atoms with Crippen molar-refractivity contribution in [2.45, 2.75) is 13.0 Å². The van der Waals surface area contributed by atoms with E-state index in [0.717, 1.165) is 0 Å². The first-order valence-corrected chi connectivity index (χ1v) is 7.59. The van der Waals surface area contributed by atoms with E-state index in [2.05, 4.69) is 42.3 Å². The van der Waals surface area contributed by atoms with Gasteiger partial charge in [-0.05, 0) is 34.6 Å². The fraction of sp³-hybridized carbons (Fsp3) is 0.308. The zero-order chi connectivity index (χ0) is 14.9. The minimum absolute atomic E-state index is 0.0145. The number of hydrogen-bond acceptors (Lipinski definition) is 2. The van der Waals surface area contributed by atoms with Gasteiger partial charge in [-0.2, -0.15) is 5.10 Å². The van der Waals surface area contributed by atoms with Gasteiger partial charge in [0.05, 0.1) is 22.4 Å². The van der Waals surface area contributed by atoms with Gasteiger partial charge in [0.1, 0.15) is 11.6 Å². The molecule has 20 heavy (non-hydrogen) atoms. The summed E-state index contributed by atoms with van der Waals surface area (Å²) in [5.74, 6) is -1.20. The van der Waals surface area contributed by atoms with Crippen LogP contribution in [0.25, 0.3) is 0 Å². The van der Waals surface area contributed by atoms with Crippen molar-refractivity contribution in [3.05, 3.63) is 50.2 Å². The Labute approximate surface area is 132 Å². The molecule has 3 nitrogen and oxygen atoms in total. The first-order chi connectivity index (χ1) is 9.45. The lowest BCUT2D eigenvalue weighted by atomic mass is 10.0. The van der Waals surface area contributed by atoms with Crippen LogP contribution in [-0.4, -0.2) is 16.3 Å². The van der Waals surface area contributed by atoms with Crippen LogP contribution in [0.4, 0.5) is 8.78 Å². The van der Waals surface area contributed by atoms with Gasteiger partial charge in [-0.3, -0.25) is 4.68 Å². The number of nitrogens with one attached hydrogen (secondary N) is 1. The maximum Gasteiger partial charge on any atom is 0.132 e. The predicted octanol–water partition coefficient (Wildman–Crippen LogP) is 3.92. The number of aromatic nitrogens is 2. The Balaban J connectivity index is 2.61. The number of hydrogen-bond donors (Lipinski definition) is 1. The summed E-state index contributed by atoms with van der Waals surface area (Å²) in [6.07, 6.45) is 1.61. The van der Waals surface area contributed by atoms with Gasteiger partial charge in [0.25, 0.3) is 0 Å². The van der Waals surface area contributed by atoms with E-state index in [4.69, 9.17) is 0 Å². The number of aryl methyl sites for hydroxylation is 1. The molecule has 0 aliphatic carbocycles. The van der Waals surface area contributed by atoms with Gasteiger partial charge in [-0.15, -0.1) is 0 Å². The second-order valence-corrected chi connectivity index (χ2v) is 6.05. The number of rotatable bonds is 4. The summed E-state index contributed by atoms with van der Waals surface area (Å²) in [5.41, 5.74) is 0.659. The molecule has 0 aliphatic heterocycles. The molecule has 1 unspecified atom stereocenters. The molecule has 2 rings (SSSR count). The summed E-state index contributed by atoms with van der Waals surface area (Å²) in [6.45, 7) is 2.45. The van der Waals surface area contributed by atoms with Crippen LogP contribution in [-0.2, 0) is 7.05 Å². The largest absolute Gasteiger partial charge is 0.305 e. The van der Waals surface area contributed by atoms with Crippen LogP contribution < -0.4 is 5.32 Å². The lowest BCUT2D eigenvalue weighted by Crippen LogP contribution is -2.26. The molecule has 0 saturated carbocycles. The Kier molecular flexibility index (Phi) is 4.93. The van der Waals surface area contributed by atoms with Crippen LogP contribution in [0.2, 0.25) is 0 Å². The SMILES string of the molecule is CCNC(c1c(F)cc(Br)cc1F)c1c(Br)cnn1C. The molecule has 0 aliphatic rings. The quantitative estimate of drug-likeness (QED) is 0.830. The molecule has 1 N–H and O–H groups in total. The predicted molar refractivity (Wildman–Crippen MR) is 80.5 cm³/mol. The highest BCUT2D eigenvalue weighted by atomic mass is 79.9. The third-order valence-electron chi connectivity index (χ3n) is 2.95. The monoisotopic (exact) mass is 407 g/mol. The Hall–Kier alpha value is -0.790. The van der Waals surface area contributed by atoms with Crippen molar-refractivity contribution in [3.63, 3.8) is 0 Å². The summed E-state index contributed by atoms with van der Waals surface area (Å²) in [5, 5.41) is 7.20. The highest BCUT2D eigenvalue weighted by molar-refractivity contribution is 9.10. The molecule has 0 bridgehead atoms. The van der Waals surface area contributed by atoms with E-state index in [1.165, 1.54) is 12.1 Å². The third-order valence-corrected chi connectivity index (χ3v) is 4.02. The topological polar surface area (TPSA) is 29.9 Å². The van der Waals surface area contributed by atoms with Crippen LogP contribution in [0.5, 0.6) is 0 Å². The molecule has 0 spiro atoms. The molecule has 1 aromatic heterocycles.